The molecule has 9 heteroatoms. The summed E-state index contributed by atoms with van der Waals surface area (Å²) in [6.07, 6.45) is 1.32. The van der Waals surface area contributed by atoms with E-state index in [1.807, 2.05) is 0 Å². The van der Waals surface area contributed by atoms with Crippen molar-refractivity contribution in [2.45, 2.75) is 0 Å². The van der Waals surface area contributed by atoms with Crippen molar-refractivity contribution in [3.63, 3.8) is 0 Å². The van der Waals surface area contributed by atoms with Gasteiger partial charge in [-0.05, 0) is 12.1 Å². The van der Waals surface area contributed by atoms with Crippen molar-refractivity contribution in [2.75, 3.05) is 7.11 Å². The number of ether oxygens (including phenoxy) is 1. The van der Waals surface area contributed by atoms with E-state index in [1.54, 1.807) is 6.07 Å². The van der Waals surface area contributed by atoms with Crippen LogP contribution in [0.4, 0.5) is 8.78 Å². The van der Waals surface area contributed by atoms with Crippen LogP contribution in [0.5, 0.6) is 5.75 Å². The van der Waals surface area contributed by atoms with E-state index in [2.05, 4.69) is 4.98 Å². The number of methoxy groups -OCH3 is 1. The molecule has 0 spiro atoms. The van der Waals surface area contributed by atoms with Crippen LogP contribution < -0.4 is 0 Å². The topological polar surface area (TPSA) is 59.4 Å². The average molecular weight is 390 g/mol. The van der Waals surface area contributed by atoms with Crippen LogP contribution >= 0.6 is 34.5 Å². The van der Waals surface area contributed by atoms with Gasteiger partial charge in [0.1, 0.15) is 4.88 Å². The molecule has 3 aromatic rings. The van der Waals surface area contributed by atoms with Crippen molar-refractivity contribution >= 4 is 50.7 Å². The maximum Gasteiger partial charge on any atom is 0.348 e. The molecule has 0 saturated carbocycles. The van der Waals surface area contributed by atoms with E-state index in [-0.39, 0.29) is 26.5 Å². The molecule has 0 aliphatic heterocycles. The van der Waals surface area contributed by atoms with Crippen LogP contribution in [-0.2, 0) is 4.74 Å². The lowest BCUT2D eigenvalue weighted by Gasteiger charge is -2.09. The zero-order valence-electron chi connectivity index (χ0n) is 11.9. The fraction of sp³-hybridized carbons (Fsp3) is 0.0667. The van der Waals surface area contributed by atoms with Crippen LogP contribution in [0.3, 0.4) is 0 Å². The van der Waals surface area contributed by atoms with Gasteiger partial charge in [-0.15, -0.1) is 11.3 Å². The molecule has 4 nitrogen and oxygen atoms in total. The zero-order chi connectivity index (χ0) is 17.6. The van der Waals surface area contributed by atoms with Gasteiger partial charge >= 0.3 is 5.97 Å². The van der Waals surface area contributed by atoms with Crippen LogP contribution in [-0.4, -0.2) is 23.2 Å². The molecule has 0 saturated heterocycles. The Hall–Kier alpha value is -1.96. The molecule has 2 aromatic heterocycles. The monoisotopic (exact) mass is 389 g/mol. The lowest BCUT2D eigenvalue weighted by Crippen LogP contribution is -2.02. The van der Waals surface area contributed by atoms with Crippen molar-refractivity contribution in [1.82, 2.24) is 4.98 Å². The van der Waals surface area contributed by atoms with Gasteiger partial charge in [0.2, 0.25) is 0 Å². The molecule has 0 bridgehead atoms. The number of halogens is 4. The summed E-state index contributed by atoms with van der Waals surface area (Å²) in [5, 5.41) is 9.55. The number of carbonyl (C=O) groups excluding carboxylic acids is 1. The number of rotatable bonds is 2. The van der Waals surface area contributed by atoms with Crippen LogP contribution in [0.2, 0.25) is 10.0 Å². The number of phenols is 1. The predicted octanol–water partition coefficient (Wildman–Crippen LogP) is 5.04. The molecule has 2 heterocycles. The Labute approximate surface area is 148 Å². The highest BCUT2D eigenvalue weighted by Gasteiger charge is 2.28. The van der Waals surface area contributed by atoms with Gasteiger partial charge < -0.3 is 9.84 Å². The molecule has 0 atom stereocenters. The molecule has 0 unspecified atom stereocenters. The van der Waals surface area contributed by atoms with Crippen LogP contribution in [0.1, 0.15) is 9.67 Å². The number of carbonyl (C=O) groups is 1. The molecule has 3 rings (SSSR count). The third kappa shape index (κ3) is 2.58. The Kier molecular flexibility index (Phi) is 4.33. The summed E-state index contributed by atoms with van der Waals surface area (Å²) >= 11 is 12.8. The lowest BCUT2D eigenvalue weighted by atomic mass is 10.0. The fourth-order valence-electron chi connectivity index (χ4n) is 2.23. The second-order valence-corrected chi connectivity index (χ2v) is 6.57. The van der Waals surface area contributed by atoms with Gasteiger partial charge in [0.25, 0.3) is 0 Å². The van der Waals surface area contributed by atoms with E-state index < -0.39 is 23.4 Å². The zero-order valence-corrected chi connectivity index (χ0v) is 14.2. The molecular formula is C15H7Cl2F2NO3S. The minimum atomic E-state index is -1.29. The third-order valence-corrected chi connectivity index (χ3v) is 4.87. The number of benzene rings is 1. The minimum absolute atomic E-state index is 0.00840. The third-order valence-electron chi connectivity index (χ3n) is 3.26. The summed E-state index contributed by atoms with van der Waals surface area (Å²) in [7, 11) is 1.16. The van der Waals surface area contributed by atoms with Gasteiger partial charge in [-0.1, -0.05) is 23.2 Å². The normalized spacial score (nSPS) is 11.0. The number of nitrogens with zero attached hydrogens (tertiary/aromatic N) is 1. The molecule has 24 heavy (non-hydrogen) atoms. The summed E-state index contributed by atoms with van der Waals surface area (Å²) in [6.45, 7) is 0. The summed E-state index contributed by atoms with van der Waals surface area (Å²) in [6, 6.07) is 2.30. The van der Waals surface area contributed by atoms with Crippen LogP contribution in [0, 0.1) is 11.6 Å². The number of hydrogen-bond donors (Lipinski definition) is 1. The molecule has 0 aliphatic carbocycles. The van der Waals surface area contributed by atoms with Crippen molar-refractivity contribution in [1.29, 1.82) is 0 Å². The van der Waals surface area contributed by atoms with E-state index in [1.165, 1.54) is 6.20 Å². The summed E-state index contributed by atoms with van der Waals surface area (Å²) in [5.74, 6) is -4.44. The van der Waals surface area contributed by atoms with Gasteiger partial charge in [-0.2, -0.15) is 0 Å². The standard InChI is InChI=1S/C15H7Cl2F2NO3S/c1-23-15(22)14-10(12-8(24-14)2-5(16)4-20-12)9-6(17)3-7(18)13(21)11(9)19/h2-4,21H,1H3. The number of aromatic nitrogens is 1. The first-order chi connectivity index (χ1) is 11.3. The maximum absolute atomic E-state index is 14.5. The molecule has 1 N–H and O–H groups in total. The molecule has 0 aliphatic rings. The lowest BCUT2D eigenvalue weighted by molar-refractivity contribution is 0.0607. The van der Waals surface area contributed by atoms with Crippen molar-refractivity contribution < 1.29 is 23.4 Å². The number of esters is 1. The largest absolute Gasteiger partial charge is 0.503 e. The molecule has 0 amide bonds. The first kappa shape index (κ1) is 16.9. The highest BCUT2D eigenvalue weighted by atomic mass is 35.5. The number of thiophene rings is 1. The summed E-state index contributed by atoms with van der Waals surface area (Å²) < 4.78 is 33.1. The highest BCUT2D eigenvalue weighted by molar-refractivity contribution is 7.21. The Morgan fingerprint density at radius 2 is 2.00 bits per heavy atom. The van der Waals surface area contributed by atoms with Gasteiger partial charge in [0.05, 0.1) is 27.4 Å². The quantitative estimate of drug-likeness (QED) is 0.623. The van der Waals surface area contributed by atoms with Crippen molar-refractivity contribution in [3.05, 3.63) is 44.9 Å². The number of hydrogen-bond acceptors (Lipinski definition) is 5. The Morgan fingerprint density at radius 3 is 2.67 bits per heavy atom. The molecule has 124 valence electrons. The molecule has 0 radical (unpaired) electrons. The van der Waals surface area contributed by atoms with Crippen molar-refractivity contribution in [3.8, 4) is 16.9 Å². The number of pyridine rings is 1. The highest BCUT2D eigenvalue weighted by Crippen LogP contribution is 2.45. The van der Waals surface area contributed by atoms with E-state index in [0.29, 0.717) is 9.72 Å². The predicted molar refractivity (Wildman–Crippen MR) is 88.0 cm³/mol. The average Bonchev–Trinajstić information content (AvgIpc) is 2.90. The number of aromatic hydroxyl groups is 1. The smallest absolute Gasteiger partial charge is 0.348 e. The van der Waals surface area contributed by atoms with Crippen LogP contribution in [0.25, 0.3) is 21.3 Å². The SMILES string of the molecule is COC(=O)c1sc2cc(Cl)cnc2c1-c1c(Cl)cc(F)c(O)c1F. The van der Waals surface area contributed by atoms with Gasteiger partial charge in [0, 0.05) is 17.3 Å². The van der Waals surface area contributed by atoms with E-state index in [0.717, 1.165) is 24.5 Å². The van der Waals surface area contributed by atoms with E-state index >= 15 is 0 Å². The Balaban J connectivity index is 2.46. The molecule has 1 aromatic carbocycles. The summed E-state index contributed by atoms with van der Waals surface area (Å²) in [4.78, 5) is 16.2. The van der Waals surface area contributed by atoms with Crippen molar-refractivity contribution in [2.24, 2.45) is 0 Å². The first-order valence-corrected chi connectivity index (χ1v) is 7.95. The van der Waals surface area contributed by atoms with E-state index in [9.17, 15) is 18.7 Å². The number of phenolic OH excluding ortho intramolecular Hbond substituents is 1. The number of fused-ring (bicyclic) bond motifs is 1. The van der Waals surface area contributed by atoms with Gasteiger partial charge in [-0.3, -0.25) is 4.98 Å². The summed E-state index contributed by atoms with van der Waals surface area (Å²) in [5.41, 5.74) is -0.0926. The van der Waals surface area contributed by atoms with E-state index in [4.69, 9.17) is 27.9 Å². The van der Waals surface area contributed by atoms with Gasteiger partial charge in [-0.25, -0.2) is 13.6 Å². The fourth-order valence-corrected chi connectivity index (χ4v) is 3.85. The second-order valence-electron chi connectivity index (χ2n) is 4.68. The molecular weight excluding hydrogens is 383 g/mol. The van der Waals surface area contributed by atoms with Gasteiger partial charge in [0.15, 0.2) is 17.4 Å². The molecule has 0 fully saturated rings. The minimum Gasteiger partial charge on any atom is -0.503 e. The second kappa shape index (κ2) is 6.16. The first-order valence-electron chi connectivity index (χ1n) is 6.38. The van der Waals surface area contributed by atoms with Crippen LogP contribution in [0.15, 0.2) is 18.3 Å². The Morgan fingerprint density at radius 1 is 1.29 bits per heavy atom. The Bertz CT molecular complexity index is 991. The maximum atomic E-state index is 14.5.